The van der Waals surface area contributed by atoms with Gasteiger partial charge in [0.1, 0.15) is 5.82 Å². The monoisotopic (exact) mass is 236 g/mol. The maximum atomic E-state index is 13.0. The number of carbonyl (C=O) groups excluding carboxylic acids is 1. The van der Waals surface area contributed by atoms with E-state index in [9.17, 15) is 9.18 Å². The van der Waals surface area contributed by atoms with E-state index in [0.29, 0.717) is 5.69 Å². The van der Waals surface area contributed by atoms with Crippen molar-refractivity contribution in [3.05, 3.63) is 42.0 Å². The molecule has 0 radical (unpaired) electrons. The van der Waals surface area contributed by atoms with Gasteiger partial charge in [-0.15, -0.1) is 5.10 Å². The lowest BCUT2D eigenvalue weighted by Crippen LogP contribution is -2.22. The lowest BCUT2D eigenvalue weighted by molar-refractivity contribution is 0.0532. The summed E-state index contributed by atoms with van der Waals surface area (Å²) in [5, 5.41) is 7.74. The third kappa shape index (κ3) is 2.45. The largest absolute Gasteiger partial charge is 0.297 e. The van der Waals surface area contributed by atoms with Crippen LogP contribution in [-0.4, -0.2) is 28.0 Å². The standard InChI is InChI=1S/C10H9FN4O2/c1-17-14-10(16)9-6-12-15(13-9)8-4-2-3-7(11)5-8/h2-6H,1H3,(H,14,16). The second-order valence-electron chi connectivity index (χ2n) is 3.13. The summed E-state index contributed by atoms with van der Waals surface area (Å²) in [6.45, 7) is 0. The van der Waals surface area contributed by atoms with Crippen LogP contribution in [0.2, 0.25) is 0 Å². The Morgan fingerprint density at radius 2 is 2.35 bits per heavy atom. The van der Waals surface area contributed by atoms with Crippen molar-refractivity contribution >= 4 is 5.91 Å². The Morgan fingerprint density at radius 3 is 3.06 bits per heavy atom. The predicted molar refractivity (Wildman–Crippen MR) is 55.8 cm³/mol. The number of nitrogens with zero attached hydrogens (tertiary/aromatic N) is 3. The van der Waals surface area contributed by atoms with E-state index in [1.165, 1.54) is 31.5 Å². The third-order valence-electron chi connectivity index (χ3n) is 1.96. The molecule has 0 aliphatic carbocycles. The minimum atomic E-state index is -0.518. The topological polar surface area (TPSA) is 69.0 Å². The summed E-state index contributed by atoms with van der Waals surface area (Å²) in [7, 11) is 1.31. The minimum Gasteiger partial charge on any atom is -0.277 e. The number of carbonyl (C=O) groups is 1. The molecule has 0 saturated carbocycles. The summed E-state index contributed by atoms with van der Waals surface area (Å²) < 4.78 is 13.0. The zero-order chi connectivity index (χ0) is 12.3. The maximum Gasteiger partial charge on any atom is 0.297 e. The molecule has 0 bridgehead atoms. The number of amides is 1. The van der Waals surface area contributed by atoms with Crippen LogP contribution in [0.15, 0.2) is 30.5 Å². The average molecular weight is 236 g/mol. The first-order valence-electron chi connectivity index (χ1n) is 4.72. The summed E-state index contributed by atoms with van der Waals surface area (Å²) in [4.78, 5) is 16.9. The number of hydrogen-bond donors (Lipinski definition) is 1. The molecule has 7 heteroatoms. The number of hydroxylamine groups is 1. The highest BCUT2D eigenvalue weighted by Crippen LogP contribution is 2.07. The van der Waals surface area contributed by atoms with E-state index in [4.69, 9.17) is 0 Å². The molecule has 1 heterocycles. The lowest BCUT2D eigenvalue weighted by Gasteiger charge is -1.99. The van der Waals surface area contributed by atoms with Gasteiger partial charge in [-0.05, 0) is 12.1 Å². The van der Waals surface area contributed by atoms with Crippen molar-refractivity contribution in [1.82, 2.24) is 20.5 Å². The van der Waals surface area contributed by atoms with E-state index in [2.05, 4.69) is 20.5 Å². The van der Waals surface area contributed by atoms with Gasteiger partial charge in [0.2, 0.25) is 0 Å². The first kappa shape index (κ1) is 11.2. The summed E-state index contributed by atoms with van der Waals surface area (Å²) in [5.41, 5.74) is 2.62. The normalized spacial score (nSPS) is 10.2. The summed E-state index contributed by atoms with van der Waals surface area (Å²) in [5.74, 6) is -0.919. The molecular weight excluding hydrogens is 227 g/mol. The predicted octanol–water partition coefficient (Wildman–Crippen LogP) is 0.698. The highest BCUT2D eigenvalue weighted by atomic mass is 19.1. The second kappa shape index (κ2) is 4.71. The van der Waals surface area contributed by atoms with E-state index in [1.54, 1.807) is 6.07 Å². The van der Waals surface area contributed by atoms with Gasteiger partial charge in [-0.25, -0.2) is 9.87 Å². The van der Waals surface area contributed by atoms with Gasteiger partial charge in [0.15, 0.2) is 5.69 Å². The molecule has 0 aliphatic heterocycles. The van der Waals surface area contributed by atoms with Crippen LogP contribution in [0.25, 0.3) is 5.69 Å². The number of aromatic nitrogens is 3. The Hall–Kier alpha value is -2.28. The van der Waals surface area contributed by atoms with Gasteiger partial charge in [0, 0.05) is 6.07 Å². The van der Waals surface area contributed by atoms with Crippen molar-refractivity contribution in [1.29, 1.82) is 0 Å². The average Bonchev–Trinajstić information content (AvgIpc) is 2.78. The van der Waals surface area contributed by atoms with Crippen molar-refractivity contribution in [2.45, 2.75) is 0 Å². The Bertz CT molecular complexity index is 541. The first-order chi connectivity index (χ1) is 8.20. The molecule has 1 aromatic heterocycles. The van der Waals surface area contributed by atoms with Gasteiger partial charge < -0.3 is 0 Å². The highest BCUT2D eigenvalue weighted by Gasteiger charge is 2.10. The number of rotatable bonds is 3. The second-order valence-corrected chi connectivity index (χ2v) is 3.13. The van der Waals surface area contributed by atoms with E-state index >= 15 is 0 Å². The van der Waals surface area contributed by atoms with E-state index in [-0.39, 0.29) is 5.69 Å². The quantitative estimate of drug-likeness (QED) is 0.796. The molecule has 1 amide bonds. The molecule has 88 valence electrons. The van der Waals surface area contributed by atoms with Gasteiger partial charge in [0.25, 0.3) is 5.91 Å². The Labute approximate surface area is 96.0 Å². The molecule has 0 unspecified atom stereocenters. The van der Waals surface area contributed by atoms with Crippen LogP contribution in [0.4, 0.5) is 4.39 Å². The van der Waals surface area contributed by atoms with Gasteiger partial charge in [0.05, 0.1) is 19.0 Å². The number of hydrogen-bond acceptors (Lipinski definition) is 4. The number of benzene rings is 1. The van der Waals surface area contributed by atoms with Crippen molar-refractivity contribution < 1.29 is 14.0 Å². The summed E-state index contributed by atoms with van der Waals surface area (Å²) in [6, 6.07) is 5.73. The Balaban J connectivity index is 2.27. The van der Waals surface area contributed by atoms with Crippen molar-refractivity contribution in [3.8, 4) is 5.69 Å². The lowest BCUT2D eigenvalue weighted by atomic mass is 10.3. The van der Waals surface area contributed by atoms with Crippen LogP contribution < -0.4 is 5.48 Å². The van der Waals surface area contributed by atoms with Crippen LogP contribution in [-0.2, 0) is 4.84 Å². The molecule has 0 atom stereocenters. The molecule has 1 aromatic carbocycles. The molecule has 0 saturated heterocycles. The van der Waals surface area contributed by atoms with Crippen molar-refractivity contribution in [2.75, 3.05) is 7.11 Å². The van der Waals surface area contributed by atoms with Crippen LogP contribution in [0, 0.1) is 5.82 Å². The van der Waals surface area contributed by atoms with E-state index in [0.717, 1.165) is 4.80 Å². The Morgan fingerprint density at radius 1 is 1.53 bits per heavy atom. The fraction of sp³-hybridized carbons (Fsp3) is 0.100. The van der Waals surface area contributed by atoms with Crippen LogP contribution in [0.3, 0.4) is 0 Å². The van der Waals surface area contributed by atoms with Crippen molar-refractivity contribution in [3.63, 3.8) is 0 Å². The number of halogens is 1. The number of nitrogens with one attached hydrogen (secondary N) is 1. The van der Waals surface area contributed by atoms with Crippen molar-refractivity contribution in [2.24, 2.45) is 0 Å². The van der Waals surface area contributed by atoms with Gasteiger partial charge in [-0.3, -0.25) is 9.63 Å². The molecule has 0 fully saturated rings. The molecule has 2 rings (SSSR count). The van der Waals surface area contributed by atoms with Gasteiger partial charge in [-0.1, -0.05) is 6.07 Å². The SMILES string of the molecule is CONC(=O)c1cnn(-c2cccc(F)c2)n1. The molecule has 17 heavy (non-hydrogen) atoms. The molecule has 0 aliphatic rings. The molecule has 6 nitrogen and oxygen atoms in total. The molecule has 2 aromatic rings. The van der Waals surface area contributed by atoms with Gasteiger partial charge in [-0.2, -0.15) is 9.90 Å². The minimum absolute atomic E-state index is 0.0797. The third-order valence-corrected chi connectivity index (χ3v) is 1.96. The maximum absolute atomic E-state index is 13.0. The first-order valence-corrected chi connectivity index (χ1v) is 4.72. The summed E-state index contributed by atoms with van der Waals surface area (Å²) in [6.07, 6.45) is 1.26. The smallest absolute Gasteiger partial charge is 0.277 e. The zero-order valence-corrected chi connectivity index (χ0v) is 8.92. The van der Waals surface area contributed by atoms with Crippen LogP contribution in [0.1, 0.15) is 10.5 Å². The van der Waals surface area contributed by atoms with E-state index < -0.39 is 11.7 Å². The van der Waals surface area contributed by atoms with Gasteiger partial charge >= 0.3 is 0 Å². The molecular formula is C10H9FN4O2. The van der Waals surface area contributed by atoms with Crippen LogP contribution >= 0.6 is 0 Å². The van der Waals surface area contributed by atoms with Crippen LogP contribution in [0.5, 0.6) is 0 Å². The highest BCUT2D eigenvalue weighted by molar-refractivity contribution is 5.91. The molecule has 1 N–H and O–H groups in total. The fourth-order valence-electron chi connectivity index (χ4n) is 1.24. The van der Waals surface area contributed by atoms with E-state index in [1.807, 2.05) is 0 Å². The molecule has 0 spiro atoms. The fourth-order valence-corrected chi connectivity index (χ4v) is 1.24. The summed E-state index contributed by atoms with van der Waals surface area (Å²) >= 11 is 0. The Kier molecular flexibility index (Phi) is 3.10. The zero-order valence-electron chi connectivity index (χ0n) is 8.92.